The molecule has 0 radical (unpaired) electrons. The third kappa shape index (κ3) is 5.84. The predicted octanol–water partition coefficient (Wildman–Crippen LogP) is 2.94. The molecule has 2 rings (SSSR count). The minimum absolute atomic E-state index is 0.00231. The Balaban J connectivity index is 1.81. The van der Waals surface area contributed by atoms with Crippen LogP contribution in [-0.4, -0.2) is 36.3 Å². The minimum Gasteiger partial charge on any atom is -0.352 e. The molecule has 1 fully saturated rings. The number of benzene rings is 1. The van der Waals surface area contributed by atoms with Crippen LogP contribution < -0.4 is 11.1 Å². The summed E-state index contributed by atoms with van der Waals surface area (Å²) in [6.07, 6.45) is 5.12. The maximum absolute atomic E-state index is 12.5. The Labute approximate surface area is 157 Å². The zero-order valence-corrected chi connectivity index (χ0v) is 16.3. The van der Waals surface area contributed by atoms with Crippen LogP contribution in [0.2, 0.25) is 0 Å². The Morgan fingerprint density at radius 2 is 1.81 bits per heavy atom. The quantitative estimate of drug-likeness (QED) is 0.749. The van der Waals surface area contributed by atoms with E-state index in [1.54, 1.807) is 4.90 Å². The SMILES string of the molecule is CC(C)C(N)CCN(C)C(=O)c1ccc(CNC(=O)C2CCCC2)cc1. The molecule has 144 valence electrons. The summed E-state index contributed by atoms with van der Waals surface area (Å²) < 4.78 is 0. The number of rotatable bonds is 8. The summed E-state index contributed by atoms with van der Waals surface area (Å²) in [5, 5.41) is 3.01. The second kappa shape index (κ2) is 9.72. The van der Waals surface area contributed by atoms with Crippen molar-refractivity contribution in [3.8, 4) is 0 Å². The molecule has 1 aromatic rings. The second-order valence-electron chi connectivity index (χ2n) is 7.82. The van der Waals surface area contributed by atoms with Crippen molar-refractivity contribution in [1.29, 1.82) is 0 Å². The number of nitrogens with two attached hydrogens (primary N) is 1. The zero-order chi connectivity index (χ0) is 19.1. The van der Waals surface area contributed by atoms with Gasteiger partial charge in [0.25, 0.3) is 5.91 Å². The van der Waals surface area contributed by atoms with Crippen LogP contribution in [0.25, 0.3) is 0 Å². The monoisotopic (exact) mass is 359 g/mol. The van der Waals surface area contributed by atoms with Crippen LogP contribution in [0.4, 0.5) is 0 Å². The van der Waals surface area contributed by atoms with Crippen molar-refractivity contribution in [2.45, 2.75) is 58.5 Å². The summed E-state index contributed by atoms with van der Waals surface area (Å²) in [4.78, 5) is 26.3. The van der Waals surface area contributed by atoms with Crippen molar-refractivity contribution in [3.63, 3.8) is 0 Å². The molecule has 5 nitrogen and oxygen atoms in total. The molecule has 1 atom stereocenters. The number of nitrogens with zero attached hydrogens (tertiary/aromatic N) is 1. The highest BCUT2D eigenvalue weighted by Crippen LogP contribution is 2.24. The lowest BCUT2D eigenvalue weighted by molar-refractivity contribution is -0.124. The van der Waals surface area contributed by atoms with E-state index < -0.39 is 0 Å². The molecule has 1 unspecified atom stereocenters. The van der Waals surface area contributed by atoms with Crippen LogP contribution >= 0.6 is 0 Å². The summed E-state index contributed by atoms with van der Waals surface area (Å²) in [6.45, 7) is 5.35. The van der Waals surface area contributed by atoms with Crippen molar-refractivity contribution in [2.75, 3.05) is 13.6 Å². The third-order valence-electron chi connectivity index (χ3n) is 5.39. The van der Waals surface area contributed by atoms with Crippen LogP contribution in [0.15, 0.2) is 24.3 Å². The molecule has 1 aromatic carbocycles. The van der Waals surface area contributed by atoms with E-state index in [1.807, 2.05) is 31.3 Å². The second-order valence-corrected chi connectivity index (χ2v) is 7.82. The van der Waals surface area contributed by atoms with Gasteiger partial charge < -0.3 is 16.0 Å². The predicted molar refractivity (Wildman–Crippen MR) is 105 cm³/mol. The lowest BCUT2D eigenvalue weighted by Gasteiger charge is -2.21. The van der Waals surface area contributed by atoms with Crippen molar-refractivity contribution in [2.24, 2.45) is 17.6 Å². The highest BCUT2D eigenvalue weighted by molar-refractivity contribution is 5.94. The molecule has 0 aliphatic heterocycles. The van der Waals surface area contributed by atoms with E-state index in [-0.39, 0.29) is 23.8 Å². The molecule has 0 spiro atoms. The van der Waals surface area contributed by atoms with E-state index in [1.165, 1.54) is 0 Å². The maximum Gasteiger partial charge on any atom is 0.253 e. The number of amides is 2. The Kier molecular flexibility index (Phi) is 7.64. The topological polar surface area (TPSA) is 75.4 Å². The molecular formula is C21H33N3O2. The molecule has 3 N–H and O–H groups in total. The summed E-state index contributed by atoms with van der Waals surface area (Å²) in [7, 11) is 1.81. The highest BCUT2D eigenvalue weighted by Gasteiger charge is 2.22. The van der Waals surface area contributed by atoms with E-state index in [9.17, 15) is 9.59 Å². The molecule has 0 bridgehead atoms. The van der Waals surface area contributed by atoms with Crippen molar-refractivity contribution in [3.05, 3.63) is 35.4 Å². The Morgan fingerprint density at radius 1 is 1.19 bits per heavy atom. The van der Waals surface area contributed by atoms with Crippen LogP contribution in [0.1, 0.15) is 61.9 Å². The van der Waals surface area contributed by atoms with Gasteiger partial charge in [0.15, 0.2) is 0 Å². The number of hydrogen-bond acceptors (Lipinski definition) is 3. The number of hydrogen-bond donors (Lipinski definition) is 2. The van der Waals surface area contributed by atoms with E-state index in [0.29, 0.717) is 24.6 Å². The largest absolute Gasteiger partial charge is 0.352 e. The van der Waals surface area contributed by atoms with E-state index in [2.05, 4.69) is 19.2 Å². The van der Waals surface area contributed by atoms with Gasteiger partial charge in [0.1, 0.15) is 0 Å². The fourth-order valence-electron chi connectivity index (χ4n) is 3.28. The van der Waals surface area contributed by atoms with E-state index >= 15 is 0 Å². The number of carbonyl (C=O) groups excluding carboxylic acids is 2. The molecule has 0 aromatic heterocycles. The average Bonchev–Trinajstić information content (AvgIpc) is 3.18. The van der Waals surface area contributed by atoms with E-state index in [0.717, 1.165) is 37.7 Å². The summed E-state index contributed by atoms with van der Waals surface area (Å²) >= 11 is 0. The van der Waals surface area contributed by atoms with Crippen molar-refractivity contribution >= 4 is 11.8 Å². The van der Waals surface area contributed by atoms with Crippen LogP contribution in [0, 0.1) is 11.8 Å². The lowest BCUT2D eigenvalue weighted by atomic mass is 10.0. The molecule has 1 saturated carbocycles. The first-order valence-electron chi connectivity index (χ1n) is 9.76. The molecule has 1 aliphatic carbocycles. The standard InChI is InChI=1S/C21H33N3O2/c1-15(2)19(22)12-13-24(3)21(26)18-10-8-16(9-11-18)14-23-20(25)17-6-4-5-7-17/h8-11,15,17,19H,4-7,12-14,22H2,1-3H3,(H,23,25). The third-order valence-corrected chi connectivity index (χ3v) is 5.39. The van der Waals surface area contributed by atoms with Gasteiger partial charge in [-0.15, -0.1) is 0 Å². The summed E-state index contributed by atoms with van der Waals surface area (Å²) in [5.41, 5.74) is 7.73. The van der Waals surface area contributed by atoms with Gasteiger partial charge in [-0.2, -0.15) is 0 Å². The van der Waals surface area contributed by atoms with Gasteiger partial charge in [-0.25, -0.2) is 0 Å². The molecular weight excluding hydrogens is 326 g/mol. The Morgan fingerprint density at radius 3 is 2.38 bits per heavy atom. The smallest absolute Gasteiger partial charge is 0.253 e. The van der Waals surface area contributed by atoms with Gasteiger partial charge in [0, 0.05) is 37.7 Å². The molecule has 2 amide bonds. The number of nitrogens with one attached hydrogen (secondary N) is 1. The summed E-state index contributed by atoms with van der Waals surface area (Å²) in [6, 6.07) is 7.60. The molecule has 0 heterocycles. The van der Waals surface area contributed by atoms with Gasteiger partial charge in [0.2, 0.25) is 5.91 Å². The highest BCUT2D eigenvalue weighted by atomic mass is 16.2. The minimum atomic E-state index is 0.00231. The fraction of sp³-hybridized carbons (Fsp3) is 0.619. The lowest BCUT2D eigenvalue weighted by Crippen LogP contribution is -2.34. The Bertz CT molecular complexity index is 592. The normalized spacial score (nSPS) is 15.9. The Hall–Kier alpha value is -1.88. The van der Waals surface area contributed by atoms with Crippen molar-refractivity contribution in [1.82, 2.24) is 10.2 Å². The van der Waals surface area contributed by atoms with Gasteiger partial charge in [0.05, 0.1) is 0 Å². The van der Waals surface area contributed by atoms with Gasteiger partial charge in [-0.3, -0.25) is 9.59 Å². The zero-order valence-electron chi connectivity index (χ0n) is 16.3. The van der Waals surface area contributed by atoms with Crippen LogP contribution in [0.5, 0.6) is 0 Å². The first-order chi connectivity index (χ1) is 12.4. The molecule has 0 saturated heterocycles. The molecule has 26 heavy (non-hydrogen) atoms. The van der Waals surface area contributed by atoms with Crippen molar-refractivity contribution < 1.29 is 9.59 Å². The first-order valence-corrected chi connectivity index (χ1v) is 9.76. The van der Waals surface area contributed by atoms with Crippen LogP contribution in [0.3, 0.4) is 0 Å². The summed E-state index contributed by atoms with van der Waals surface area (Å²) in [5.74, 6) is 0.755. The van der Waals surface area contributed by atoms with Gasteiger partial charge >= 0.3 is 0 Å². The van der Waals surface area contributed by atoms with Gasteiger partial charge in [-0.05, 0) is 42.9 Å². The number of carbonyl (C=O) groups is 2. The van der Waals surface area contributed by atoms with Gasteiger partial charge in [-0.1, -0.05) is 38.8 Å². The fourth-order valence-corrected chi connectivity index (χ4v) is 3.28. The maximum atomic E-state index is 12.5. The average molecular weight is 360 g/mol. The molecule has 5 heteroatoms. The van der Waals surface area contributed by atoms with Crippen LogP contribution in [-0.2, 0) is 11.3 Å². The van der Waals surface area contributed by atoms with E-state index in [4.69, 9.17) is 5.73 Å². The molecule has 1 aliphatic rings. The first kappa shape index (κ1) is 20.4.